The molecule has 4 heteroatoms. The number of thiocarbonyl (C=S) groups is 1. The van der Waals surface area contributed by atoms with E-state index in [0.29, 0.717) is 10.7 Å². The molecule has 1 unspecified atom stereocenters. The number of hydrogen-bond donors (Lipinski definition) is 2. The number of Topliss-reactive ketones (excluding diaryl/α,β-unsaturated/α-hetero) is 1. The van der Waals surface area contributed by atoms with Gasteiger partial charge in [0.25, 0.3) is 0 Å². The fourth-order valence-corrected chi connectivity index (χ4v) is 1.87. The van der Waals surface area contributed by atoms with Crippen molar-refractivity contribution in [1.82, 2.24) is 10.6 Å². The van der Waals surface area contributed by atoms with Gasteiger partial charge in [-0.1, -0.05) is 30.3 Å². The summed E-state index contributed by atoms with van der Waals surface area (Å²) in [5.74, 6) is 0.0383. The maximum atomic E-state index is 11.5. The lowest BCUT2D eigenvalue weighted by atomic mass is 9.96. The van der Waals surface area contributed by atoms with Gasteiger partial charge in [-0.05, 0) is 24.7 Å². The Morgan fingerprint density at radius 2 is 2.00 bits per heavy atom. The molecule has 0 bridgehead atoms. The second kappa shape index (κ2) is 4.45. The zero-order valence-electron chi connectivity index (χ0n) is 8.86. The Labute approximate surface area is 99.5 Å². The largest absolute Gasteiger partial charge is 0.351 e. The molecule has 0 radical (unpaired) electrons. The SMILES string of the molecule is CC(=O)C1=CNC(=S)NC1c1ccccc1. The zero-order chi connectivity index (χ0) is 11.5. The molecule has 16 heavy (non-hydrogen) atoms. The summed E-state index contributed by atoms with van der Waals surface area (Å²) in [6, 6.07) is 9.64. The molecule has 0 aromatic heterocycles. The average Bonchev–Trinajstić information content (AvgIpc) is 2.29. The fourth-order valence-electron chi connectivity index (χ4n) is 1.69. The molecule has 82 valence electrons. The minimum Gasteiger partial charge on any atom is -0.351 e. The van der Waals surface area contributed by atoms with E-state index in [-0.39, 0.29) is 11.8 Å². The van der Waals surface area contributed by atoms with Crippen molar-refractivity contribution in [2.45, 2.75) is 13.0 Å². The summed E-state index contributed by atoms with van der Waals surface area (Å²) in [6.07, 6.45) is 1.68. The molecule has 0 aliphatic carbocycles. The summed E-state index contributed by atoms with van der Waals surface area (Å²) in [6.45, 7) is 1.56. The zero-order valence-corrected chi connectivity index (χ0v) is 9.67. The quantitative estimate of drug-likeness (QED) is 0.761. The Morgan fingerprint density at radius 3 is 2.62 bits per heavy atom. The first kappa shape index (κ1) is 10.8. The van der Waals surface area contributed by atoms with E-state index in [4.69, 9.17) is 12.2 Å². The van der Waals surface area contributed by atoms with Crippen molar-refractivity contribution >= 4 is 23.1 Å². The fraction of sp³-hybridized carbons (Fsp3) is 0.167. The van der Waals surface area contributed by atoms with Crippen LogP contribution in [-0.4, -0.2) is 10.9 Å². The van der Waals surface area contributed by atoms with E-state index in [1.54, 1.807) is 13.1 Å². The van der Waals surface area contributed by atoms with E-state index >= 15 is 0 Å². The van der Waals surface area contributed by atoms with E-state index in [1.807, 2.05) is 30.3 Å². The number of rotatable bonds is 2. The van der Waals surface area contributed by atoms with Crippen LogP contribution in [0.2, 0.25) is 0 Å². The van der Waals surface area contributed by atoms with Crippen LogP contribution in [0.25, 0.3) is 0 Å². The van der Waals surface area contributed by atoms with Crippen LogP contribution < -0.4 is 10.6 Å². The molecular formula is C12H12N2OS. The second-order valence-electron chi connectivity index (χ2n) is 3.62. The van der Waals surface area contributed by atoms with Crippen molar-refractivity contribution in [3.05, 3.63) is 47.7 Å². The molecule has 0 fully saturated rings. The Balaban J connectivity index is 2.38. The first-order chi connectivity index (χ1) is 7.68. The predicted octanol–water partition coefficient (Wildman–Crippen LogP) is 1.68. The van der Waals surface area contributed by atoms with Gasteiger partial charge in [-0.15, -0.1) is 0 Å². The average molecular weight is 232 g/mol. The van der Waals surface area contributed by atoms with Crippen LogP contribution in [0.1, 0.15) is 18.5 Å². The molecule has 1 aliphatic rings. The third kappa shape index (κ3) is 2.12. The number of carbonyl (C=O) groups excluding carboxylic acids is 1. The summed E-state index contributed by atoms with van der Waals surface area (Å²) in [5.41, 5.74) is 1.73. The van der Waals surface area contributed by atoms with Crippen LogP contribution in [0.15, 0.2) is 42.1 Å². The first-order valence-electron chi connectivity index (χ1n) is 5.01. The van der Waals surface area contributed by atoms with Crippen LogP contribution >= 0.6 is 12.2 Å². The van der Waals surface area contributed by atoms with Crippen molar-refractivity contribution in [1.29, 1.82) is 0 Å². The van der Waals surface area contributed by atoms with Gasteiger partial charge in [0.2, 0.25) is 0 Å². The van der Waals surface area contributed by atoms with Gasteiger partial charge in [0.15, 0.2) is 10.9 Å². The van der Waals surface area contributed by atoms with Crippen molar-refractivity contribution < 1.29 is 4.79 Å². The Hall–Kier alpha value is -1.68. The van der Waals surface area contributed by atoms with Gasteiger partial charge in [-0.2, -0.15) is 0 Å². The van der Waals surface area contributed by atoms with Crippen LogP contribution in [0.3, 0.4) is 0 Å². The maximum Gasteiger partial charge on any atom is 0.171 e. The monoisotopic (exact) mass is 232 g/mol. The van der Waals surface area contributed by atoms with E-state index in [0.717, 1.165) is 5.56 Å². The second-order valence-corrected chi connectivity index (χ2v) is 4.03. The molecule has 2 N–H and O–H groups in total. The van der Waals surface area contributed by atoms with Crippen molar-refractivity contribution in [2.75, 3.05) is 0 Å². The highest BCUT2D eigenvalue weighted by atomic mass is 32.1. The molecule has 0 saturated carbocycles. The molecule has 1 atom stereocenters. The molecule has 1 heterocycles. The summed E-state index contributed by atoms with van der Waals surface area (Å²) >= 11 is 5.04. The standard InChI is InChI=1S/C12H12N2OS/c1-8(15)10-7-13-12(16)14-11(10)9-5-3-2-4-6-9/h2-7,11H,1H3,(H2,13,14,16). The lowest BCUT2D eigenvalue weighted by Crippen LogP contribution is -2.41. The molecule has 1 aromatic carbocycles. The molecule has 3 nitrogen and oxygen atoms in total. The van der Waals surface area contributed by atoms with Crippen molar-refractivity contribution in [3.63, 3.8) is 0 Å². The molecule has 0 saturated heterocycles. The third-order valence-corrected chi connectivity index (χ3v) is 2.72. The van der Waals surface area contributed by atoms with Crippen LogP contribution in [0, 0.1) is 0 Å². The van der Waals surface area contributed by atoms with Crippen LogP contribution in [0.4, 0.5) is 0 Å². The van der Waals surface area contributed by atoms with Crippen molar-refractivity contribution in [3.8, 4) is 0 Å². The maximum absolute atomic E-state index is 11.5. The molecule has 0 amide bonds. The first-order valence-corrected chi connectivity index (χ1v) is 5.42. The lowest BCUT2D eigenvalue weighted by Gasteiger charge is -2.26. The third-order valence-electron chi connectivity index (χ3n) is 2.48. The summed E-state index contributed by atoms with van der Waals surface area (Å²) in [4.78, 5) is 11.5. The number of ketones is 1. The highest BCUT2D eigenvalue weighted by Crippen LogP contribution is 2.23. The van der Waals surface area contributed by atoms with Gasteiger partial charge < -0.3 is 10.6 Å². The highest BCUT2D eigenvalue weighted by Gasteiger charge is 2.23. The van der Waals surface area contributed by atoms with E-state index in [9.17, 15) is 4.79 Å². The lowest BCUT2D eigenvalue weighted by molar-refractivity contribution is -0.114. The topological polar surface area (TPSA) is 41.1 Å². The highest BCUT2D eigenvalue weighted by molar-refractivity contribution is 7.80. The summed E-state index contributed by atoms with van der Waals surface area (Å²) < 4.78 is 0. The van der Waals surface area contributed by atoms with Gasteiger partial charge in [0, 0.05) is 11.8 Å². The molecule has 2 rings (SSSR count). The number of hydrogen-bond acceptors (Lipinski definition) is 2. The molecular weight excluding hydrogens is 220 g/mol. The summed E-state index contributed by atoms with van der Waals surface area (Å²) in [5, 5.41) is 6.49. The van der Waals surface area contributed by atoms with Crippen LogP contribution in [0.5, 0.6) is 0 Å². The molecule has 1 aliphatic heterocycles. The van der Waals surface area contributed by atoms with Gasteiger partial charge in [0.05, 0.1) is 6.04 Å². The van der Waals surface area contributed by atoms with Crippen molar-refractivity contribution in [2.24, 2.45) is 0 Å². The van der Waals surface area contributed by atoms with E-state index in [2.05, 4.69) is 10.6 Å². The molecule has 1 aromatic rings. The van der Waals surface area contributed by atoms with Gasteiger partial charge >= 0.3 is 0 Å². The summed E-state index contributed by atoms with van der Waals surface area (Å²) in [7, 11) is 0. The minimum absolute atomic E-state index is 0.0383. The van der Waals surface area contributed by atoms with E-state index in [1.165, 1.54) is 0 Å². The van der Waals surface area contributed by atoms with E-state index < -0.39 is 0 Å². The number of carbonyl (C=O) groups is 1. The van der Waals surface area contributed by atoms with Crippen LogP contribution in [-0.2, 0) is 4.79 Å². The van der Waals surface area contributed by atoms with Gasteiger partial charge in [0.1, 0.15) is 0 Å². The normalized spacial score (nSPS) is 19.4. The van der Waals surface area contributed by atoms with Gasteiger partial charge in [-0.3, -0.25) is 4.79 Å². The van der Waals surface area contributed by atoms with Gasteiger partial charge in [-0.25, -0.2) is 0 Å². The Kier molecular flexibility index (Phi) is 3.01. The Morgan fingerprint density at radius 1 is 1.31 bits per heavy atom. The number of benzene rings is 1. The molecule has 0 spiro atoms. The Bertz CT molecular complexity index is 453. The predicted molar refractivity (Wildman–Crippen MR) is 66.8 cm³/mol. The smallest absolute Gasteiger partial charge is 0.171 e. The minimum atomic E-state index is -0.146. The number of nitrogens with one attached hydrogen (secondary N) is 2.